The number of hydrogen-bond donors (Lipinski definition) is 2. The summed E-state index contributed by atoms with van der Waals surface area (Å²) in [4.78, 5) is 33.9. The van der Waals surface area contributed by atoms with Gasteiger partial charge in [-0.05, 0) is 31.5 Å². The molecule has 0 aromatic carbocycles. The third-order valence-electron chi connectivity index (χ3n) is 5.60. The van der Waals surface area contributed by atoms with Crippen LogP contribution in [0.5, 0.6) is 0 Å². The van der Waals surface area contributed by atoms with E-state index in [1.54, 1.807) is 22.9 Å². The standard InChI is InChI=1S/C19H23N3O3S2/c1-2-13(23)14-17(24)22-15(19(25)26)16(27-18(14)22)11-6-8-21(9-11)10-12-5-3-4-7-20-12/h3-5,7,11,13-14,18,23H,2,6,8-10H2,1H3,(H,25,26)/t11-,13-,14+,18+/m0/s1. The van der Waals surface area contributed by atoms with Gasteiger partial charge in [-0.15, -0.1) is 11.8 Å². The molecular formula is C19H23N3O3S2. The average Bonchev–Trinajstić information content (AvgIpc) is 3.25. The van der Waals surface area contributed by atoms with E-state index in [1.807, 2.05) is 25.1 Å². The van der Waals surface area contributed by atoms with Crippen LogP contribution in [0.4, 0.5) is 0 Å². The van der Waals surface area contributed by atoms with Crippen molar-refractivity contribution in [3.63, 3.8) is 0 Å². The van der Waals surface area contributed by atoms with Gasteiger partial charge in [0.25, 0.3) is 0 Å². The van der Waals surface area contributed by atoms with Crippen LogP contribution in [-0.4, -0.2) is 55.5 Å². The maximum atomic E-state index is 12.5. The van der Waals surface area contributed by atoms with Crippen molar-refractivity contribution >= 4 is 35.4 Å². The smallest absolute Gasteiger partial charge is 0.236 e. The zero-order valence-electron chi connectivity index (χ0n) is 15.1. The normalized spacial score (nSPS) is 29.1. The lowest BCUT2D eigenvalue weighted by Crippen LogP contribution is -2.61. The van der Waals surface area contributed by atoms with Crippen LogP contribution in [0.2, 0.25) is 0 Å². The molecule has 6 nitrogen and oxygen atoms in total. The molecule has 8 heteroatoms. The largest absolute Gasteiger partial charge is 0.392 e. The van der Waals surface area contributed by atoms with Crippen LogP contribution in [0.25, 0.3) is 0 Å². The van der Waals surface area contributed by atoms with Crippen molar-refractivity contribution in [3.8, 4) is 0 Å². The summed E-state index contributed by atoms with van der Waals surface area (Å²) in [6.07, 6.45) is 2.61. The Labute approximate surface area is 168 Å². The molecule has 2 saturated heterocycles. The minimum atomic E-state index is -0.661. The van der Waals surface area contributed by atoms with E-state index in [9.17, 15) is 14.7 Å². The number of fused-ring (bicyclic) bond motifs is 1. The molecule has 2 fully saturated rings. The zero-order chi connectivity index (χ0) is 19.1. The number of carbonyl (C=O) groups is 2. The molecule has 0 bridgehead atoms. The molecule has 1 aromatic heterocycles. The average molecular weight is 406 g/mol. The number of aliphatic hydroxyl groups is 1. The molecule has 3 aliphatic rings. The second kappa shape index (κ2) is 7.58. The Morgan fingerprint density at radius 2 is 2.30 bits per heavy atom. The van der Waals surface area contributed by atoms with Crippen LogP contribution in [0.15, 0.2) is 35.0 Å². The number of rotatable bonds is 6. The first-order chi connectivity index (χ1) is 13.0. The van der Waals surface area contributed by atoms with Crippen LogP contribution in [0, 0.1) is 11.8 Å². The monoisotopic (exact) mass is 405 g/mol. The van der Waals surface area contributed by atoms with Crippen molar-refractivity contribution in [2.24, 2.45) is 11.8 Å². The van der Waals surface area contributed by atoms with E-state index in [2.05, 4.69) is 22.5 Å². The molecule has 1 N–H and O–H groups in total. The molecule has 0 radical (unpaired) electrons. The van der Waals surface area contributed by atoms with E-state index in [-0.39, 0.29) is 22.3 Å². The summed E-state index contributed by atoms with van der Waals surface area (Å²) < 4.78 is 0. The fraction of sp³-hybridized carbons (Fsp3) is 0.526. The number of amides is 1. The lowest BCUT2D eigenvalue weighted by Gasteiger charge is -2.44. The summed E-state index contributed by atoms with van der Waals surface area (Å²) in [6, 6.07) is 5.91. The van der Waals surface area contributed by atoms with E-state index in [1.165, 1.54) is 0 Å². The van der Waals surface area contributed by atoms with Crippen LogP contribution in [0.1, 0.15) is 25.5 Å². The number of aliphatic hydroxyl groups excluding tert-OH is 1. The Bertz CT molecular complexity index is 786. The number of pyridine rings is 1. The highest BCUT2D eigenvalue weighted by Gasteiger charge is 2.58. The van der Waals surface area contributed by atoms with Crippen LogP contribution < -0.4 is 0 Å². The molecule has 4 atom stereocenters. The zero-order valence-corrected chi connectivity index (χ0v) is 16.8. The molecule has 3 aliphatic heterocycles. The molecule has 0 unspecified atom stereocenters. The first-order valence-corrected chi connectivity index (χ1v) is 10.6. The molecule has 27 heavy (non-hydrogen) atoms. The fourth-order valence-electron chi connectivity index (χ4n) is 4.17. The summed E-state index contributed by atoms with van der Waals surface area (Å²) in [7, 11) is 0. The Kier molecular flexibility index (Phi) is 5.33. The predicted octanol–water partition coefficient (Wildman–Crippen LogP) is 1.87. The predicted molar refractivity (Wildman–Crippen MR) is 107 cm³/mol. The van der Waals surface area contributed by atoms with Crippen molar-refractivity contribution < 1.29 is 14.7 Å². The number of carbonyl (C=O) groups excluding carboxylic acids is 2. The molecule has 1 amide bonds. The van der Waals surface area contributed by atoms with Gasteiger partial charge in [0, 0.05) is 30.1 Å². The van der Waals surface area contributed by atoms with E-state index in [0.29, 0.717) is 12.1 Å². The topological polar surface area (TPSA) is 73.7 Å². The molecule has 0 spiro atoms. The Hall–Kier alpha value is -1.35. The number of β-lactam (4-membered cyclic amide) rings is 1. The summed E-state index contributed by atoms with van der Waals surface area (Å²) in [5, 5.41) is 9.65. The molecule has 1 aromatic rings. The Morgan fingerprint density at radius 3 is 2.96 bits per heavy atom. The van der Waals surface area contributed by atoms with Crippen molar-refractivity contribution in [1.82, 2.24) is 14.8 Å². The van der Waals surface area contributed by atoms with E-state index in [0.717, 1.165) is 36.7 Å². The molecular weight excluding hydrogens is 382 g/mol. The van der Waals surface area contributed by atoms with Crippen LogP contribution in [-0.2, 0) is 16.1 Å². The van der Waals surface area contributed by atoms with Gasteiger partial charge in [0.15, 0.2) is 0 Å². The van der Waals surface area contributed by atoms with E-state index in [4.69, 9.17) is 0 Å². The quantitative estimate of drug-likeness (QED) is 0.556. The number of likely N-dealkylation sites (tertiary alicyclic amines) is 1. The van der Waals surface area contributed by atoms with E-state index < -0.39 is 12.0 Å². The minimum absolute atomic E-state index is 0.155. The highest BCUT2D eigenvalue weighted by Crippen LogP contribution is 2.54. The highest BCUT2D eigenvalue weighted by atomic mass is 32.2. The van der Waals surface area contributed by atoms with Gasteiger partial charge >= 0.3 is 0 Å². The second-order valence-corrected chi connectivity index (χ2v) is 8.84. The van der Waals surface area contributed by atoms with Gasteiger partial charge in [0.1, 0.15) is 11.1 Å². The first kappa shape index (κ1) is 19.0. The molecule has 0 aliphatic carbocycles. The lowest BCUT2D eigenvalue weighted by molar-refractivity contribution is -0.154. The third kappa shape index (κ3) is 3.33. The molecule has 0 saturated carbocycles. The van der Waals surface area contributed by atoms with Gasteiger partial charge in [-0.3, -0.25) is 24.4 Å². The molecule has 4 heterocycles. The third-order valence-corrected chi connectivity index (χ3v) is 7.33. The number of thiol groups is 1. The van der Waals surface area contributed by atoms with Gasteiger partial charge in [-0.2, -0.15) is 0 Å². The number of aromatic nitrogens is 1. The summed E-state index contributed by atoms with van der Waals surface area (Å²) in [5.74, 6) is -0.369. The van der Waals surface area contributed by atoms with Crippen LogP contribution in [0.3, 0.4) is 0 Å². The molecule has 144 valence electrons. The van der Waals surface area contributed by atoms with Crippen molar-refractivity contribution in [2.45, 2.75) is 37.8 Å². The summed E-state index contributed by atoms with van der Waals surface area (Å²) in [5.41, 5.74) is 1.46. The van der Waals surface area contributed by atoms with Crippen molar-refractivity contribution in [3.05, 3.63) is 40.7 Å². The van der Waals surface area contributed by atoms with Gasteiger partial charge in [-0.1, -0.05) is 25.6 Å². The second-order valence-electron chi connectivity index (χ2n) is 7.28. The van der Waals surface area contributed by atoms with E-state index >= 15 is 0 Å². The van der Waals surface area contributed by atoms with Gasteiger partial charge in [-0.25, -0.2) is 0 Å². The number of nitrogens with zero attached hydrogens (tertiary/aromatic N) is 3. The van der Waals surface area contributed by atoms with Gasteiger partial charge in [0.2, 0.25) is 11.0 Å². The van der Waals surface area contributed by atoms with Gasteiger partial charge in [0.05, 0.1) is 17.7 Å². The number of hydrogen-bond acceptors (Lipinski definition) is 6. The summed E-state index contributed by atoms with van der Waals surface area (Å²) >= 11 is 5.61. The fourth-order valence-corrected chi connectivity index (χ4v) is 6.18. The Balaban J connectivity index is 1.50. The molecule has 4 rings (SSSR count). The lowest BCUT2D eigenvalue weighted by atomic mass is 9.89. The maximum Gasteiger partial charge on any atom is 0.236 e. The number of thioether (sulfide) groups is 1. The van der Waals surface area contributed by atoms with Gasteiger partial charge < -0.3 is 5.11 Å². The highest BCUT2D eigenvalue weighted by molar-refractivity contribution is 8.04. The summed E-state index contributed by atoms with van der Waals surface area (Å²) in [6.45, 7) is 4.41. The SMILES string of the molecule is CC[C@H](O)[C@@H]1C(=O)N2C(C(=O)S)=C([C@H]3CCN(Cc4ccccn4)C3)S[C@H]12. The van der Waals surface area contributed by atoms with Crippen LogP contribution >= 0.6 is 24.4 Å². The minimum Gasteiger partial charge on any atom is -0.392 e. The maximum absolute atomic E-state index is 12.5. The van der Waals surface area contributed by atoms with Crippen molar-refractivity contribution in [1.29, 1.82) is 0 Å². The first-order valence-electron chi connectivity index (χ1n) is 9.28. The Morgan fingerprint density at radius 1 is 1.48 bits per heavy atom. The van der Waals surface area contributed by atoms with Crippen molar-refractivity contribution in [2.75, 3.05) is 13.1 Å².